The van der Waals surface area contributed by atoms with Crippen LogP contribution in [0.2, 0.25) is 0 Å². The maximum absolute atomic E-state index is 12.7. The normalized spacial score (nSPS) is 18.9. The number of hydrogen-bond acceptors (Lipinski definition) is 7. The number of esters is 1. The summed E-state index contributed by atoms with van der Waals surface area (Å²) in [5.74, 6) is -0.159. The fraction of sp³-hybridized carbons (Fsp3) is 0.579. The maximum atomic E-state index is 12.7. The van der Waals surface area contributed by atoms with E-state index < -0.39 is 27.8 Å². The lowest BCUT2D eigenvalue weighted by Crippen LogP contribution is -2.46. The van der Waals surface area contributed by atoms with Crippen LogP contribution >= 0.6 is 0 Å². The van der Waals surface area contributed by atoms with E-state index in [4.69, 9.17) is 14.2 Å². The highest BCUT2D eigenvalue weighted by Crippen LogP contribution is 2.28. The van der Waals surface area contributed by atoms with Gasteiger partial charge in [0.15, 0.2) is 27.4 Å². The second-order valence-corrected chi connectivity index (χ2v) is 8.76. The van der Waals surface area contributed by atoms with E-state index in [1.807, 2.05) is 6.92 Å². The summed E-state index contributed by atoms with van der Waals surface area (Å²) >= 11 is 0. The standard InChI is InChI=1S/C19H27NO7S/c1-5-20(15-9-10-28(23,24)12-15)18(21)13(3)27-19(22)14-7-8-16(25-4)17(11-14)26-6-2/h7-8,11,13,15H,5-6,9-10,12H2,1-4H3/t13-,15+/m0/s1. The predicted octanol–water partition coefficient (Wildman–Crippen LogP) is 1.67. The largest absolute Gasteiger partial charge is 0.493 e. The van der Waals surface area contributed by atoms with Crippen molar-refractivity contribution < 1.29 is 32.2 Å². The van der Waals surface area contributed by atoms with Crippen LogP contribution in [0.15, 0.2) is 18.2 Å². The average molecular weight is 413 g/mol. The maximum Gasteiger partial charge on any atom is 0.339 e. The molecule has 9 heteroatoms. The van der Waals surface area contributed by atoms with Crippen molar-refractivity contribution in [1.82, 2.24) is 4.90 Å². The monoisotopic (exact) mass is 413 g/mol. The zero-order valence-electron chi connectivity index (χ0n) is 16.6. The van der Waals surface area contributed by atoms with E-state index in [0.717, 1.165) is 0 Å². The molecule has 1 amide bonds. The Morgan fingerprint density at radius 1 is 1.25 bits per heavy atom. The molecule has 1 fully saturated rings. The van der Waals surface area contributed by atoms with Crippen LogP contribution < -0.4 is 9.47 Å². The van der Waals surface area contributed by atoms with Gasteiger partial charge in [0.25, 0.3) is 5.91 Å². The fourth-order valence-corrected chi connectivity index (χ4v) is 4.93. The number of sulfone groups is 1. The summed E-state index contributed by atoms with van der Waals surface area (Å²) in [6.45, 7) is 5.82. The van der Waals surface area contributed by atoms with E-state index in [1.165, 1.54) is 31.1 Å². The smallest absolute Gasteiger partial charge is 0.339 e. The van der Waals surface area contributed by atoms with Crippen molar-refractivity contribution in [3.05, 3.63) is 23.8 Å². The highest BCUT2D eigenvalue weighted by atomic mass is 32.2. The molecule has 0 aliphatic carbocycles. The van der Waals surface area contributed by atoms with Crippen LogP contribution in [0.25, 0.3) is 0 Å². The molecule has 0 aromatic heterocycles. The molecular formula is C19H27NO7S. The highest BCUT2D eigenvalue weighted by Gasteiger charge is 2.36. The predicted molar refractivity (Wildman–Crippen MR) is 103 cm³/mol. The van der Waals surface area contributed by atoms with E-state index in [9.17, 15) is 18.0 Å². The van der Waals surface area contributed by atoms with E-state index >= 15 is 0 Å². The van der Waals surface area contributed by atoms with Crippen molar-refractivity contribution in [3.8, 4) is 11.5 Å². The number of amides is 1. The number of methoxy groups -OCH3 is 1. The Morgan fingerprint density at radius 2 is 1.96 bits per heavy atom. The molecule has 1 aromatic carbocycles. The van der Waals surface area contributed by atoms with Crippen LogP contribution in [0.4, 0.5) is 0 Å². The van der Waals surface area contributed by atoms with Gasteiger partial charge in [-0.1, -0.05) is 0 Å². The molecule has 28 heavy (non-hydrogen) atoms. The van der Waals surface area contributed by atoms with Gasteiger partial charge in [-0.3, -0.25) is 4.79 Å². The fourth-order valence-electron chi connectivity index (χ4n) is 3.20. The molecule has 0 spiro atoms. The molecule has 2 atom stereocenters. The minimum atomic E-state index is -3.12. The van der Waals surface area contributed by atoms with Gasteiger partial charge in [0, 0.05) is 12.6 Å². The van der Waals surface area contributed by atoms with Crippen LogP contribution in [0.1, 0.15) is 37.6 Å². The molecule has 0 saturated carbocycles. The van der Waals surface area contributed by atoms with Crippen molar-refractivity contribution in [2.75, 3.05) is 31.8 Å². The number of carbonyl (C=O) groups excluding carboxylic acids is 2. The van der Waals surface area contributed by atoms with Crippen LogP contribution in [-0.2, 0) is 19.4 Å². The summed E-state index contributed by atoms with van der Waals surface area (Å²) in [7, 11) is -1.62. The van der Waals surface area contributed by atoms with Crippen molar-refractivity contribution in [2.24, 2.45) is 0 Å². The molecule has 1 saturated heterocycles. The van der Waals surface area contributed by atoms with Gasteiger partial charge >= 0.3 is 5.97 Å². The van der Waals surface area contributed by atoms with Crippen molar-refractivity contribution in [1.29, 1.82) is 0 Å². The Balaban J connectivity index is 2.08. The quantitative estimate of drug-likeness (QED) is 0.598. The molecule has 0 unspecified atom stereocenters. The van der Waals surface area contributed by atoms with Gasteiger partial charge in [-0.05, 0) is 45.4 Å². The third-order valence-corrected chi connectivity index (χ3v) is 6.35. The van der Waals surface area contributed by atoms with Gasteiger partial charge in [-0.25, -0.2) is 13.2 Å². The Bertz CT molecular complexity index is 822. The topological polar surface area (TPSA) is 99.2 Å². The average Bonchev–Trinajstić information content (AvgIpc) is 3.01. The van der Waals surface area contributed by atoms with Gasteiger partial charge in [0.1, 0.15) is 0 Å². The molecule has 2 rings (SSSR count). The van der Waals surface area contributed by atoms with Crippen molar-refractivity contribution in [3.63, 3.8) is 0 Å². The lowest BCUT2D eigenvalue weighted by Gasteiger charge is -2.29. The summed E-state index contributed by atoms with van der Waals surface area (Å²) < 4.78 is 39.4. The molecule has 1 aliphatic heterocycles. The summed E-state index contributed by atoms with van der Waals surface area (Å²) in [6.07, 6.45) is -0.632. The van der Waals surface area contributed by atoms with Crippen LogP contribution in [0.3, 0.4) is 0 Å². The van der Waals surface area contributed by atoms with Gasteiger partial charge in [0.2, 0.25) is 0 Å². The van der Waals surface area contributed by atoms with E-state index in [1.54, 1.807) is 13.0 Å². The lowest BCUT2D eigenvalue weighted by atomic mass is 10.2. The van der Waals surface area contributed by atoms with Crippen molar-refractivity contribution in [2.45, 2.75) is 39.3 Å². The van der Waals surface area contributed by atoms with Crippen LogP contribution in [0, 0.1) is 0 Å². The number of ether oxygens (including phenoxy) is 3. The number of rotatable bonds is 8. The minimum Gasteiger partial charge on any atom is -0.493 e. The zero-order valence-corrected chi connectivity index (χ0v) is 17.5. The minimum absolute atomic E-state index is 0.0521. The van der Waals surface area contributed by atoms with E-state index in [-0.39, 0.29) is 23.1 Å². The molecule has 8 nitrogen and oxygen atoms in total. The number of benzene rings is 1. The van der Waals surface area contributed by atoms with E-state index in [2.05, 4.69) is 0 Å². The SMILES string of the molecule is CCOc1cc(C(=O)O[C@@H](C)C(=O)N(CC)[C@@H]2CCS(=O)(=O)C2)ccc1OC. The first-order valence-corrected chi connectivity index (χ1v) is 11.1. The summed E-state index contributed by atoms with van der Waals surface area (Å²) in [5.41, 5.74) is 0.232. The van der Waals surface area contributed by atoms with Crippen LogP contribution in [0.5, 0.6) is 11.5 Å². The summed E-state index contributed by atoms with van der Waals surface area (Å²) in [5, 5.41) is 0. The summed E-state index contributed by atoms with van der Waals surface area (Å²) in [4.78, 5) is 26.7. The first-order valence-electron chi connectivity index (χ1n) is 9.25. The number of hydrogen-bond donors (Lipinski definition) is 0. The molecule has 156 valence electrons. The van der Waals surface area contributed by atoms with Crippen LogP contribution in [-0.4, -0.2) is 69.1 Å². The Kier molecular flexibility index (Phi) is 7.29. The van der Waals surface area contributed by atoms with E-state index in [0.29, 0.717) is 31.1 Å². The van der Waals surface area contributed by atoms with Gasteiger partial charge in [0.05, 0.1) is 30.8 Å². The van der Waals surface area contributed by atoms with Gasteiger partial charge in [-0.2, -0.15) is 0 Å². The molecule has 1 heterocycles. The molecular weight excluding hydrogens is 386 g/mol. The third kappa shape index (κ3) is 5.15. The lowest BCUT2D eigenvalue weighted by molar-refractivity contribution is -0.141. The second-order valence-electron chi connectivity index (χ2n) is 6.53. The Hall–Kier alpha value is -2.29. The van der Waals surface area contributed by atoms with Gasteiger partial charge in [-0.15, -0.1) is 0 Å². The molecule has 0 N–H and O–H groups in total. The number of carbonyl (C=O) groups is 2. The summed E-state index contributed by atoms with van der Waals surface area (Å²) in [6, 6.07) is 4.25. The first kappa shape index (κ1) is 22.0. The number of nitrogens with zero attached hydrogens (tertiary/aromatic N) is 1. The second kappa shape index (κ2) is 9.27. The Labute approximate surface area is 165 Å². The van der Waals surface area contributed by atoms with Gasteiger partial charge < -0.3 is 19.1 Å². The molecule has 0 radical (unpaired) electrons. The molecule has 0 bridgehead atoms. The number of likely N-dealkylation sites (N-methyl/N-ethyl adjacent to an activating group) is 1. The zero-order chi connectivity index (χ0) is 20.9. The Morgan fingerprint density at radius 3 is 2.50 bits per heavy atom. The van der Waals surface area contributed by atoms with Crippen molar-refractivity contribution >= 4 is 21.7 Å². The molecule has 1 aromatic rings. The third-order valence-electron chi connectivity index (χ3n) is 4.60. The first-order chi connectivity index (χ1) is 13.2. The highest BCUT2D eigenvalue weighted by molar-refractivity contribution is 7.91. The molecule has 1 aliphatic rings.